The molecule has 1 atom stereocenters. The Bertz CT molecular complexity index is 564. The summed E-state index contributed by atoms with van der Waals surface area (Å²) in [5.41, 5.74) is 10.5. The smallest absolute Gasteiger partial charge is 0.0481 e. The Hall–Kier alpha value is -1.28. The number of hydrogen-bond donors (Lipinski definition) is 1. The fraction of sp³-hybridized carbons (Fsp3) is 0.500. The van der Waals surface area contributed by atoms with Crippen molar-refractivity contribution in [3.8, 4) is 0 Å². The summed E-state index contributed by atoms with van der Waals surface area (Å²) in [5.74, 6) is 0.695. The first-order valence-electron chi connectivity index (χ1n) is 7.04. The summed E-state index contributed by atoms with van der Waals surface area (Å²) in [4.78, 5) is 0. The maximum Gasteiger partial charge on any atom is 0.0481 e. The number of fused-ring (bicyclic) bond motifs is 1. The van der Waals surface area contributed by atoms with Gasteiger partial charge in [-0.05, 0) is 48.4 Å². The van der Waals surface area contributed by atoms with Crippen LogP contribution in [0.15, 0.2) is 24.4 Å². The van der Waals surface area contributed by atoms with Crippen LogP contribution in [0.25, 0.3) is 10.9 Å². The van der Waals surface area contributed by atoms with E-state index in [1.54, 1.807) is 0 Å². The lowest BCUT2D eigenvalue weighted by atomic mass is 9.77. The highest BCUT2D eigenvalue weighted by atomic mass is 14.9. The molecule has 1 saturated carbocycles. The molecule has 1 unspecified atom stereocenters. The summed E-state index contributed by atoms with van der Waals surface area (Å²) < 4.78 is 2.21. The second kappa shape index (κ2) is 4.43. The molecule has 0 aliphatic heterocycles. The van der Waals surface area contributed by atoms with E-state index in [0.717, 1.165) is 6.42 Å². The van der Waals surface area contributed by atoms with Gasteiger partial charge in [-0.25, -0.2) is 0 Å². The van der Waals surface area contributed by atoms with Gasteiger partial charge in [0.2, 0.25) is 0 Å². The van der Waals surface area contributed by atoms with Gasteiger partial charge in [-0.2, -0.15) is 0 Å². The van der Waals surface area contributed by atoms with Crippen LogP contribution in [-0.2, 0) is 13.5 Å². The van der Waals surface area contributed by atoms with Gasteiger partial charge in [0.25, 0.3) is 0 Å². The van der Waals surface area contributed by atoms with E-state index in [-0.39, 0.29) is 6.04 Å². The standard InChI is InChI=1S/C16H22N2/c1-3-11-7-8-15-13(9-11)14(10-18(15)2)16(17)12-5-4-6-12/h7-10,12,16H,3-6,17H2,1-2H3. The fourth-order valence-corrected chi connectivity index (χ4v) is 3.01. The Morgan fingerprint density at radius 3 is 2.78 bits per heavy atom. The first-order chi connectivity index (χ1) is 8.70. The lowest BCUT2D eigenvalue weighted by Gasteiger charge is -2.31. The Balaban J connectivity index is 2.09. The summed E-state index contributed by atoms with van der Waals surface area (Å²) in [7, 11) is 2.12. The molecule has 1 aliphatic rings. The summed E-state index contributed by atoms with van der Waals surface area (Å²) in [6.45, 7) is 2.20. The van der Waals surface area contributed by atoms with Crippen molar-refractivity contribution in [3.05, 3.63) is 35.5 Å². The van der Waals surface area contributed by atoms with Gasteiger partial charge in [-0.15, -0.1) is 0 Å². The molecule has 1 aliphatic carbocycles. The van der Waals surface area contributed by atoms with Crippen LogP contribution in [0.3, 0.4) is 0 Å². The zero-order valence-electron chi connectivity index (χ0n) is 11.3. The third-order valence-electron chi connectivity index (χ3n) is 4.51. The molecule has 3 rings (SSSR count). The molecule has 96 valence electrons. The van der Waals surface area contributed by atoms with Gasteiger partial charge in [-0.3, -0.25) is 0 Å². The van der Waals surface area contributed by atoms with Crippen molar-refractivity contribution in [1.82, 2.24) is 4.57 Å². The summed E-state index contributed by atoms with van der Waals surface area (Å²) in [5, 5.41) is 1.36. The topological polar surface area (TPSA) is 30.9 Å². The molecule has 1 aromatic heterocycles. The van der Waals surface area contributed by atoms with Crippen molar-refractivity contribution in [2.75, 3.05) is 0 Å². The third-order valence-corrected chi connectivity index (χ3v) is 4.51. The molecule has 0 bridgehead atoms. The molecule has 0 spiro atoms. The highest BCUT2D eigenvalue weighted by Gasteiger charge is 2.27. The van der Waals surface area contributed by atoms with E-state index < -0.39 is 0 Å². The lowest BCUT2D eigenvalue weighted by molar-refractivity contribution is 0.265. The highest BCUT2D eigenvalue weighted by Crippen LogP contribution is 2.39. The Morgan fingerprint density at radius 1 is 1.39 bits per heavy atom. The van der Waals surface area contributed by atoms with Gasteiger partial charge in [0.1, 0.15) is 0 Å². The summed E-state index contributed by atoms with van der Waals surface area (Å²) in [6.07, 6.45) is 7.26. The van der Waals surface area contributed by atoms with Crippen molar-refractivity contribution in [3.63, 3.8) is 0 Å². The lowest BCUT2D eigenvalue weighted by Crippen LogP contribution is -2.26. The number of nitrogens with two attached hydrogens (primary N) is 1. The minimum atomic E-state index is 0.217. The van der Waals surface area contributed by atoms with Crippen LogP contribution in [0.2, 0.25) is 0 Å². The maximum atomic E-state index is 6.46. The minimum Gasteiger partial charge on any atom is -0.350 e. The van der Waals surface area contributed by atoms with Gasteiger partial charge >= 0.3 is 0 Å². The average molecular weight is 242 g/mol. The van der Waals surface area contributed by atoms with Crippen molar-refractivity contribution < 1.29 is 0 Å². The van der Waals surface area contributed by atoms with E-state index in [2.05, 4.69) is 42.9 Å². The quantitative estimate of drug-likeness (QED) is 0.877. The Labute approximate surface area is 109 Å². The van der Waals surface area contributed by atoms with E-state index in [4.69, 9.17) is 5.73 Å². The average Bonchev–Trinajstić information content (AvgIpc) is 2.64. The Kier molecular flexibility index (Phi) is 2.90. The number of benzene rings is 1. The number of nitrogens with zero attached hydrogens (tertiary/aromatic N) is 1. The van der Waals surface area contributed by atoms with Crippen LogP contribution < -0.4 is 5.73 Å². The molecule has 2 N–H and O–H groups in total. The second-order valence-electron chi connectivity index (χ2n) is 5.62. The monoisotopic (exact) mass is 242 g/mol. The third kappa shape index (κ3) is 1.76. The summed E-state index contributed by atoms with van der Waals surface area (Å²) >= 11 is 0. The van der Waals surface area contributed by atoms with E-state index in [9.17, 15) is 0 Å². The molecule has 1 fully saturated rings. The van der Waals surface area contributed by atoms with Crippen molar-refractivity contribution in [1.29, 1.82) is 0 Å². The first kappa shape index (κ1) is 11.8. The van der Waals surface area contributed by atoms with E-state index in [1.807, 2.05) is 0 Å². The van der Waals surface area contributed by atoms with Gasteiger partial charge in [0, 0.05) is 30.2 Å². The van der Waals surface area contributed by atoms with Crippen molar-refractivity contribution >= 4 is 10.9 Å². The first-order valence-corrected chi connectivity index (χ1v) is 7.04. The number of aromatic nitrogens is 1. The molecule has 1 aromatic carbocycles. The highest BCUT2D eigenvalue weighted by molar-refractivity contribution is 5.85. The number of rotatable bonds is 3. The van der Waals surface area contributed by atoms with Crippen LogP contribution in [0.4, 0.5) is 0 Å². The molecule has 1 heterocycles. The van der Waals surface area contributed by atoms with E-state index >= 15 is 0 Å². The predicted molar refractivity (Wildman–Crippen MR) is 76.6 cm³/mol. The molecule has 2 nitrogen and oxygen atoms in total. The zero-order chi connectivity index (χ0) is 12.7. The molecule has 0 radical (unpaired) electrons. The normalized spacial score (nSPS) is 17.9. The molecular weight excluding hydrogens is 220 g/mol. The van der Waals surface area contributed by atoms with E-state index in [1.165, 1.54) is 41.3 Å². The maximum absolute atomic E-state index is 6.46. The van der Waals surface area contributed by atoms with Crippen molar-refractivity contribution in [2.45, 2.75) is 38.6 Å². The van der Waals surface area contributed by atoms with Crippen LogP contribution >= 0.6 is 0 Å². The largest absolute Gasteiger partial charge is 0.350 e. The van der Waals surface area contributed by atoms with Crippen LogP contribution in [0.1, 0.15) is 43.4 Å². The molecule has 2 aromatic rings. The van der Waals surface area contributed by atoms with Crippen LogP contribution in [-0.4, -0.2) is 4.57 Å². The number of aryl methyl sites for hydroxylation is 2. The summed E-state index contributed by atoms with van der Waals surface area (Å²) in [6, 6.07) is 6.99. The minimum absolute atomic E-state index is 0.217. The van der Waals surface area contributed by atoms with Gasteiger partial charge in [0.05, 0.1) is 0 Å². The van der Waals surface area contributed by atoms with Crippen LogP contribution in [0, 0.1) is 5.92 Å². The molecular formula is C16H22N2. The zero-order valence-corrected chi connectivity index (χ0v) is 11.3. The molecule has 2 heteroatoms. The second-order valence-corrected chi connectivity index (χ2v) is 5.62. The van der Waals surface area contributed by atoms with Crippen molar-refractivity contribution in [2.24, 2.45) is 18.7 Å². The van der Waals surface area contributed by atoms with Gasteiger partial charge in [-0.1, -0.05) is 19.4 Å². The SMILES string of the molecule is CCc1ccc2c(c1)c(C(N)C1CCC1)cn2C. The molecule has 0 saturated heterocycles. The molecule has 0 amide bonds. The predicted octanol–water partition coefficient (Wildman–Crippen LogP) is 3.54. The van der Waals surface area contributed by atoms with Crippen LogP contribution in [0.5, 0.6) is 0 Å². The van der Waals surface area contributed by atoms with E-state index in [0.29, 0.717) is 5.92 Å². The Morgan fingerprint density at radius 2 is 2.17 bits per heavy atom. The van der Waals surface area contributed by atoms with Gasteiger partial charge < -0.3 is 10.3 Å². The van der Waals surface area contributed by atoms with Gasteiger partial charge in [0.15, 0.2) is 0 Å². The molecule has 18 heavy (non-hydrogen) atoms. The number of hydrogen-bond acceptors (Lipinski definition) is 1. The fourth-order valence-electron chi connectivity index (χ4n) is 3.01.